The van der Waals surface area contributed by atoms with E-state index in [9.17, 15) is 9.59 Å². The van der Waals surface area contributed by atoms with Crippen molar-refractivity contribution in [2.24, 2.45) is 0 Å². The lowest BCUT2D eigenvalue weighted by Crippen LogP contribution is -2.53. The minimum absolute atomic E-state index is 0. The van der Waals surface area contributed by atoms with Crippen molar-refractivity contribution in [3.63, 3.8) is 0 Å². The van der Waals surface area contributed by atoms with Crippen LogP contribution in [0.3, 0.4) is 0 Å². The Hall–Kier alpha value is -0.850. The second kappa shape index (κ2) is 7.43. The van der Waals surface area contributed by atoms with Gasteiger partial charge in [-0.25, -0.2) is 4.79 Å². The number of hydrogen-bond acceptors (Lipinski definition) is 4. The van der Waals surface area contributed by atoms with Gasteiger partial charge in [0.15, 0.2) is 0 Å². The summed E-state index contributed by atoms with van der Waals surface area (Å²) >= 11 is 0. The Bertz CT molecular complexity index is 250. The van der Waals surface area contributed by atoms with Gasteiger partial charge in [0, 0.05) is 32.7 Å². The molecule has 0 aromatic rings. The van der Waals surface area contributed by atoms with E-state index in [0.717, 1.165) is 19.6 Å². The van der Waals surface area contributed by atoms with Crippen LogP contribution in [0.1, 0.15) is 6.92 Å². The van der Waals surface area contributed by atoms with Gasteiger partial charge in [-0.15, -0.1) is 12.4 Å². The Morgan fingerprint density at radius 1 is 1.50 bits per heavy atom. The largest absolute Gasteiger partial charge is 0.341 e. The lowest BCUT2D eigenvalue weighted by atomic mass is 10.2. The number of nitrogens with zero attached hydrogens (tertiary/aromatic N) is 1. The molecule has 94 valence electrons. The third-order valence-electron chi connectivity index (χ3n) is 2.47. The molecule has 0 aliphatic carbocycles. The quantitative estimate of drug-likeness (QED) is 0.598. The summed E-state index contributed by atoms with van der Waals surface area (Å²) in [7, 11) is 1.48. The molecule has 3 N–H and O–H groups in total. The van der Waals surface area contributed by atoms with E-state index in [2.05, 4.69) is 27.8 Å². The highest BCUT2D eigenvalue weighted by Gasteiger charge is 2.20. The highest BCUT2D eigenvalue weighted by Crippen LogP contribution is 2.00. The van der Waals surface area contributed by atoms with E-state index in [1.165, 1.54) is 7.05 Å². The maximum atomic E-state index is 11.4. The minimum Gasteiger partial charge on any atom is -0.341 e. The van der Waals surface area contributed by atoms with Crippen LogP contribution < -0.4 is 16.0 Å². The van der Waals surface area contributed by atoms with Gasteiger partial charge in [0.05, 0.1) is 6.54 Å². The van der Waals surface area contributed by atoms with Gasteiger partial charge < -0.3 is 10.6 Å². The lowest BCUT2D eigenvalue weighted by molar-refractivity contribution is -0.121. The van der Waals surface area contributed by atoms with Crippen LogP contribution in [0, 0.1) is 0 Å². The zero-order chi connectivity index (χ0) is 11.3. The maximum Gasteiger partial charge on any atom is 0.321 e. The zero-order valence-corrected chi connectivity index (χ0v) is 10.4. The van der Waals surface area contributed by atoms with Gasteiger partial charge in [-0.3, -0.25) is 15.0 Å². The molecule has 1 aliphatic rings. The van der Waals surface area contributed by atoms with Crippen LogP contribution in [0.2, 0.25) is 0 Å². The van der Waals surface area contributed by atoms with Crippen molar-refractivity contribution in [1.29, 1.82) is 0 Å². The Kier molecular flexibility index (Phi) is 7.03. The Morgan fingerprint density at radius 2 is 2.19 bits per heavy atom. The topological polar surface area (TPSA) is 73.5 Å². The number of rotatable bonds is 2. The van der Waals surface area contributed by atoms with Gasteiger partial charge in [-0.2, -0.15) is 0 Å². The number of nitrogens with one attached hydrogen (secondary N) is 3. The number of amides is 3. The Labute approximate surface area is 102 Å². The van der Waals surface area contributed by atoms with Gasteiger partial charge in [-0.1, -0.05) is 0 Å². The van der Waals surface area contributed by atoms with E-state index < -0.39 is 6.03 Å². The van der Waals surface area contributed by atoms with Crippen LogP contribution in [0.5, 0.6) is 0 Å². The molecule has 16 heavy (non-hydrogen) atoms. The predicted octanol–water partition coefficient (Wildman–Crippen LogP) is -0.842. The first kappa shape index (κ1) is 15.2. The molecule has 6 nitrogen and oxygen atoms in total. The first-order valence-corrected chi connectivity index (χ1v) is 5.10. The summed E-state index contributed by atoms with van der Waals surface area (Å²) in [5.74, 6) is -0.261. The van der Waals surface area contributed by atoms with Gasteiger partial charge in [-0.05, 0) is 6.92 Å². The molecule has 1 saturated heterocycles. The van der Waals surface area contributed by atoms with Crippen molar-refractivity contribution in [2.75, 3.05) is 33.2 Å². The van der Waals surface area contributed by atoms with Gasteiger partial charge in [0.25, 0.3) is 0 Å². The summed E-state index contributed by atoms with van der Waals surface area (Å²) in [6.07, 6.45) is 0. The summed E-state index contributed by atoms with van der Waals surface area (Å²) in [6, 6.07) is -0.128. The SMILES string of the molecule is CNC(=O)NC(=O)CN1CCNC[C@@H]1C.Cl. The van der Waals surface area contributed by atoms with E-state index in [1.807, 2.05) is 0 Å². The normalized spacial score (nSPS) is 20.8. The highest BCUT2D eigenvalue weighted by molar-refractivity contribution is 5.95. The Morgan fingerprint density at radius 3 is 2.75 bits per heavy atom. The molecular formula is C9H19ClN4O2. The van der Waals surface area contributed by atoms with Crippen LogP contribution in [0.4, 0.5) is 4.79 Å². The highest BCUT2D eigenvalue weighted by atomic mass is 35.5. The lowest BCUT2D eigenvalue weighted by Gasteiger charge is -2.33. The number of carbonyl (C=O) groups is 2. The second-order valence-corrected chi connectivity index (χ2v) is 3.65. The molecule has 0 unspecified atom stereocenters. The third kappa shape index (κ3) is 4.78. The molecule has 0 saturated carbocycles. The minimum atomic E-state index is -0.456. The first-order chi connectivity index (χ1) is 7.13. The first-order valence-electron chi connectivity index (χ1n) is 5.10. The fourth-order valence-corrected chi connectivity index (χ4v) is 1.53. The molecule has 1 atom stereocenters. The van der Waals surface area contributed by atoms with Crippen LogP contribution in [-0.2, 0) is 4.79 Å². The van der Waals surface area contributed by atoms with Gasteiger partial charge in [0.1, 0.15) is 0 Å². The van der Waals surface area contributed by atoms with Crippen LogP contribution >= 0.6 is 12.4 Å². The molecule has 0 radical (unpaired) electrons. The molecule has 1 heterocycles. The smallest absolute Gasteiger partial charge is 0.321 e. The molecular weight excluding hydrogens is 232 g/mol. The molecule has 0 aromatic heterocycles. The van der Waals surface area contributed by atoms with Crippen molar-refractivity contribution < 1.29 is 9.59 Å². The van der Waals surface area contributed by atoms with Gasteiger partial charge >= 0.3 is 6.03 Å². The van der Waals surface area contributed by atoms with Gasteiger partial charge in [0.2, 0.25) is 5.91 Å². The monoisotopic (exact) mass is 250 g/mol. The molecule has 0 spiro atoms. The summed E-state index contributed by atoms with van der Waals surface area (Å²) in [5.41, 5.74) is 0. The predicted molar refractivity (Wildman–Crippen MR) is 63.8 cm³/mol. The zero-order valence-electron chi connectivity index (χ0n) is 9.58. The molecule has 7 heteroatoms. The molecule has 1 aliphatic heterocycles. The summed E-state index contributed by atoms with van der Waals surface area (Å²) < 4.78 is 0. The van der Waals surface area contributed by atoms with Crippen molar-refractivity contribution in [3.05, 3.63) is 0 Å². The van der Waals surface area contributed by atoms with E-state index in [-0.39, 0.29) is 24.9 Å². The van der Waals surface area contributed by atoms with E-state index in [1.54, 1.807) is 0 Å². The average Bonchev–Trinajstić information content (AvgIpc) is 2.21. The summed E-state index contributed by atoms with van der Waals surface area (Å²) in [5, 5.41) is 7.83. The van der Waals surface area contributed by atoms with Crippen molar-refractivity contribution in [3.8, 4) is 0 Å². The van der Waals surface area contributed by atoms with Crippen LogP contribution in [-0.4, -0.2) is 56.1 Å². The van der Waals surface area contributed by atoms with Crippen LogP contribution in [0.25, 0.3) is 0 Å². The number of hydrogen-bond donors (Lipinski definition) is 3. The van der Waals surface area contributed by atoms with E-state index in [0.29, 0.717) is 6.04 Å². The standard InChI is InChI=1S/C9H18N4O2.ClH/c1-7-5-11-3-4-13(7)6-8(14)12-9(15)10-2;/h7,11H,3-6H2,1-2H3,(H2,10,12,14,15);1H/t7-;/m0./s1. The number of imide groups is 1. The fraction of sp³-hybridized carbons (Fsp3) is 0.778. The molecule has 1 rings (SSSR count). The van der Waals surface area contributed by atoms with E-state index >= 15 is 0 Å². The van der Waals surface area contributed by atoms with Crippen molar-refractivity contribution in [1.82, 2.24) is 20.9 Å². The molecule has 0 aromatic carbocycles. The summed E-state index contributed by atoms with van der Waals surface area (Å²) in [4.78, 5) is 24.3. The number of urea groups is 1. The number of carbonyl (C=O) groups excluding carboxylic acids is 2. The van der Waals surface area contributed by atoms with Crippen LogP contribution in [0.15, 0.2) is 0 Å². The fourth-order valence-electron chi connectivity index (χ4n) is 1.53. The third-order valence-corrected chi connectivity index (χ3v) is 2.47. The average molecular weight is 251 g/mol. The number of piperazine rings is 1. The summed E-state index contributed by atoms with van der Waals surface area (Å²) in [6.45, 7) is 4.93. The molecule has 1 fully saturated rings. The van der Waals surface area contributed by atoms with Crippen molar-refractivity contribution in [2.45, 2.75) is 13.0 Å². The maximum absolute atomic E-state index is 11.4. The second-order valence-electron chi connectivity index (χ2n) is 3.65. The van der Waals surface area contributed by atoms with E-state index in [4.69, 9.17) is 0 Å². The Balaban J connectivity index is 0.00000225. The number of halogens is 1. The van der Waals surface area contributed by atoms with Crippen molar-refractivity contribution >= 4 is 24.3 Å². The molecule has 0 bridgehead atoms. The molecule has 3 amide bonds.